The van der Waals surface area contributed by atoms with Crippen molar-refractivity contribution in [1.82, 2.24) is 0 Å². The summed E-state index contributed by atoms with van der Waals surface area (Å²) in [6.45, 7) is 0. The van der Waals surface area contributed by atoms with Gasteiger partial charge in [0.1, 0.15) is 0 Å². The quantitative estimate of drug-likeness (QED) is 0.458. The topological polar surface area (TPSA) is 66.9 Å². The Kier molecular flexibility index (Phi) is 2.79. The van der Waals surface area contributed by atoms with Crippen LogP contribution in [0.1, 0.15) is 0 Å². The maximum atomic E-state index is 11.7. The molecule has 62 valence electrons. The van der Waals surface area contributed by atoms with Gasteiger partial charge in [-0.3, -0.25) is 4.79 Å². The molecule has 0 aromatic carbocycles. The third-order valence-corrected chi connectivity index (χ3v) is 0.781. The molecule has 0 unspecified atom stereocenters. The number of rotatable bonds is 2. The molecule has 0 aliphatic rings. The van der Waals surface area contributed by atoms with Crippen LogP contribution in [-0.2, 0) is 4.79 Å². The minimum atomic E-state index is -4.68. The van der Waals surface area contributed by atoms with E-state index in [1.165, 1.54) is 0 Å². The first kappa shape index (κ1) is 9.67. The highest BCUT2D eigenvalue weighted by Gasteiger charge is 2.32. The zero-order valence-corrected chi connectivity index (χ0v) is 5.27. The van der Waals surface area contributed by atoms with E-state index < -0.39 is 17.7 Å². The first-order valence-corrected chi connectivity index (χ1v) is 2.46. The average molecular weight is 166 g/mol. The fourth-order valence-corrected chi connectivity index (χ4v) is 0.359. The number of primary amides is 1. The molecule has 0 heterocycles. The Labute approximate surface area is 60.2 Å². The molecule has 0 radical (unpaired) electrons. The number of carbonyl (C=O) groups is 1. The van der Waals surface area contributed by atoms with Gasteiger partial charge in [0, 0.05) is 12.3 Å². The molecular formula is C5H5F3N2O. The van der Waals surface area contributed by atoms with E-state index in [2.05, 4.69) is 5.73 Å². The molecule has 0 fully saturated rings. The second-order valence-corrected chi connectivity index (χ2v) is 1.64. The SMILES string of the molecule is N=C/C(=C\C(N)=O)C(F)(F)F. The molecule has 0 aromatic rings. The summed E-state index contributed by atoms with van der Waals surface area (Å²) >= 11 is 0. The predicted octanol–water partition coefficient (Wildman–Crippen LogP) is 0.610. The summed E-state index contributed by atoms with van der Waals surface area (Å²) in [6, 6.07) is 0. The summed E-state index contributed by atoms with van der Waals surface area (Å²) in [6.07, 6.45) is -4.49. The maximum Gasteiger partial charge on any atom is 0.418 e. The standard InChI is InChI=1S/C5H5F3N2O/c6-5(7,8)3(2-9)1-4(10)11/h1-2,9H,(H2,10,11)/b3-1+,9-2?. The van der Waals surface area contributed by atoms with E-state index in [4.69, 9.17) is 5.41 Å². The first-order valence-electron chi connectivity index (χ1n) is 2.46. The predicted molar refractivity (Wildman–Crippen MR) is 32.1 cm³/mol. The molecule has 0 rings (SSSR count). The van der Waals surface area contributed by atoms with Crippen molar-refractivity contribution in [2.75, 3.05) is 0 Å². The van der Waals surface area contributed by atoms with Crippen molar-refractivity contribution in [3.63, 3.8) is 0 Å². The number of carbonyl (C=O) groups excluding carboxylic acids is 1. The van der Waals surface area contributed by atoms with Gasteiger partial charge in [-0.15, -0.1) is 0 Å². The normalized spacial score (nSPS) is 12.8. The number of halogens is 3. The molecule has 0 saturated heterocycles. The van der Waals surface area contributed by atoms with E-state index in [0.29, 0.717) is 0 Å². The van der Waals surface area contributed by atoms with Crippen molar-refractivity contribution in [2.24, 2.45) is 5.73 Å². The minimum Gasteiger partial charge on any atom is -0.366 e. The highest BCUT2D eigenvalue weighted by Crippen LogP contribution is 2.23. The molecule has 3 nitrogen and oxygen atoms in total. The van der Waals surface area contributed by atoms with Crippen LogP contribution in [0.25, 0.3) is 0 Å². The van der Waals surface area contributed by atoms with Crippen LogP contribution < -0.4 is 5.73 Å². The molecule has 3 N–H and O–H groups in total. The Hall–Kier alpha value is -1.33. The lowest BCUT2D eigenvalue weighted by Crippen LogP contribution is -2.17. The van der Waals surface area contributed by atoms with Gasteiger partial charge in [0.15, 0.2) is 0 Å². The van der Waals surface area contributed by atoms with Gasteiger partial charge >= 0.3 is 6.18 Å². The molecule has 0 aliphatic carbocycles. The van der Waals surface area contributed by atoms with Gasteiger partial charge in [-0.1, -0.05) is 0 Å². The number of hydrogen-bond acceptors (Lipinski definition) is 2. The Balaban J connectivity index is 4.68. The Morgan fingerprint density at radius 3 is 2.00 bits per heavy atom. The number of hydrogen-bond donors (Lipinski definition) is 2. The van der Waals surface area contributed by atoms with Crippen molar-refractivity contribution in [3.8, 4) is 0 Å². The second kappa shape index (κ2) is 3.18. The second-order valence-electron chi connectivity index (χ2n) is 1.64. The summed E-state index contributed by atoms with van der Waals surface area (Å²) in [4.78, 5) is 9.96. The molecule has 0 saturated carbocycles. The monoisotopic (exact) mass is 166 g/mol. The van der Waals surface area contributed by atoms with E-state index >= 15 is 0 Å². The summed E-state index contributed by atoms with van der Waals surface area (Å²) in [5.41, 5.74) is 3.09. The molecule has 6 heteroatoms. The molecular weight excluding hydrogens is 161 g/mol. The number of allylic oxidation sites excluding steroid dienone is 1. The summed E-state index contributed by atoms with van der Waals surface area (Å²) in [5, 5.41) is 6.29. The van der Waals surface area contributed by atoms with Crippen molar-refractivity contribution in [3.05, 3.63) is 11.6 Å². The van der Waals surface area contributed by atoms with Crippen LogP contribution in [0.3, 0.4) is 0 Å². The van der Waals surface area contributed by atoms with Crippen LogP contribution in [0.15, 0.2) is 11.6 Å². The van der Waals surface area contributed by atoms with Gasteiger partial charge in [0.2, 0.25) is 5.91 Å². The van der Waals surface area contributed by atoms with Crippen LogP contribution in [-0.4, -0.2) is 18.3 Å². The number of amides is 1. The molecule has 0 aromatic heterocycles. The van der Waals surface area contributed by atoms with Gasteiger partial charge in [0.05, 0.1) is 5.57 Å². The van der Waals surface area contributed by atoms with E-state index in [1.54, 1.807) is 0 Å². The zero-order valence-electron chi connectivity index (χ0n) is 5.27. The van der Waals surface area contributed by atoms with Crippen molar-refractivity contribution < 1.29 is 18.0 Å². The zero-order chi connectivity index (χ0) is 9.07. The molecule has 0 bridgehead atoms. The molecule has 0 aliphatic heterocycles. The number of nitrogens with one attached hydrogen (secondary N) is 1. The molecule has 0 atom stereocenters. The largest absolute Gasteiger partial charge is 0.418 e. The van der Waals surface area contributed by atoms with Gasteiger partial charge in [0.25, 0.3) is 0 Å². The average Bonchev–Trinajstić information content (AvgIpc) is 1.79. The van der Waals surface area contributed by atoms with Gasteiger partial charge in [-0.05, 0) is 0 Å². The van der Waals surface area contributed by atoms with Crippen LogP contribution in [0.5, 0.6) is 0 Å². The Morgan fingerprint density at radius 1 is 1.45 bits per heavy atom. The highest BCUT2D eigenvalue weighted by atomic mass is 19.4. The van der Waals surface area contributed by atoms with Crippen LogP contribution >= 0.6 is 0 Å². The lowest BCUT2D eigenvalue weighted by molar-refractivity contribution is -0.114. The Morgan fingerprint density at radius 2 is 1.91 bits per heavy atom. The van der Waals surface area contributed by atoms with Crippen LogP contribution in [0.2, 0.25) is 0 Å². The first-order chi connectivity index (χ1) is 4.88. The molecule has 1 amide bonds. The van der Waals surface area contributed by atoms with Crippen LogP contribution in [0, 0.1) is 5.41 Å². The molecule has 0 spiro atoms. The summed E-state index contributed by atoms with van der Waals surface area (Å²) < 4.78 is 35.0. The van der Waals surface area contributed by atoms with E-state index in [9.17, 15) is 18.0 Å². The van der Waals surface area contributed by atoms with Gasteiger partial charge in [-0.25, -0.2) is 0 Å². The van der Waals surface area contributed by atoms with E-state index in [1.807, 2.05) is 0 Å². The fourth-order valence-electron chi connectivity index (χ4n) is 0.359. The number of alkyl halides is 3. The van der Waals surface area contributed by atoms with E-state index in [0.717, 1.165) is 0 Å². The van der Waals surface area contributed by atoms with Gasteiger partial charge in [-0.2, -0.15) is 13.2 Å². The summed E-state index contributed by atoms with van der Waals surface area (Å²) in [7, 11) is 0. The maximum absolute atomic E-state index is 11.7. The van der Waals surface area contributed by atoms with Gasteiger partial charge < -0.3 is 11.1 Å². The lowest BCUT2D eigenvalue weighted by atomic mass is 10.2. The number of nitrogens with two attached hydrogens (primary N) is 1. The Bertz CT molecular complexity index is 206. The highest BCUT2D eigenvalue weighted by molar-refractivity contribution is 5.93. The summed E-state index contributed by atoms with van der Waals surface area (Å²) in [5.74, 6) is -1.22. The van der Waals surface area contributed by atoms with Crippen molar-refractivity contribution in [1.29, 1.82) is 5.41 Å². The third kappa shape index (κ3) is 3.39. The molecule has 11 heavy (non-hydrogen) atoms. The van der Waals surface area contributed by atoms with Crippen molar-refractivity contribution >= 4 is 12.1 Å². The smallest absolute Gasteiger partial charge is 0.366 e. The lowest BCUT2D eigenvalue weighted by Gasteiger charge is -2.03. The van der Waals surface area contributed by atoms with Crippen LogP contribution in [0.4, 0.5) is 13.2 Å². The third-order valence-electron chi connectivity index (χ3n) is 0.781. The minimum absolute atomic E-state index is 0.0325. The fraction of sp³-hybridized carbons (Fsp3) is 0.200. The van der Waals surface area contributed by atoms with E-state index in [-0.39, 0.29) is 12.3 Å². The van der Waals surface area contributed by atoms with Crippen molar-refractivity contribution in [2.45, 2.75) is 6.18 Å².